The first-order valence-electron chi connectivity index (χ1n) is 10.4. The molecule has 2 aliphatic carbocycles. The number of rotatable bonds is 7. The second-order valence-electron chi connectivity index (χ2n) is 8.40. The molecule has 3 aromatic rings. The quantitative estimate of drug-likeness (QED) is 0.463. The van der Waals surface area contributed by atoms with E-state index in [0.717, 1.165) is 25.0 Å². The third-order valence-corrected chi connectivity index (χ3v) is 6.11. The summed E-state index contributed by atoms with van der Waals surface area (Å²) in [5, 5.41) is 7.73. The van der Waals surface area contributed by atoms with Gasteiger partial charge in [0.2, 0.25) is 0 Å². The van der Waals surface area contributed by atoms with Crippen molar-refractivity contribution >= 4 is 5.65 Å². The minimum Gasteiger partial charge on any atom is -0.493 e. The molecule has 2 aromatic heterocycles. The molecule has 2 aliphatic rings. The molecule has 5 rings (SSSR count). The number of benzene rings is 1. The summed E-state index contributed by atoms with van der Waals surface area (Å²) < 4.78 is 81.7. The van der Waals surface area contributed by atoms with Crippen molar-refractivity contribution in [3.05, 3.63) is 53.0 Å². The van der Waals surface area contributed by atoms with E-state index in [0.29, 0.717) is 24.6 Å². The molecule has 0 unspecified atom stereocenters. The first-order valence-corrected chi connectivity index (χ1v) is 10.4. The van der Waals surface area contributed by atoms with Gasteiger partial charge in [-0.15, -0.1) is 10.2 Å². The molecule has 0 radical (unpaired) electrons. The molecule has 32 heavy (non-hydrogen) atoms. The van der Waals surface area contributed by atoms with Crippen LogP contribution in [0.3, 0.4) is 0 Å². The third-order valence-electron chi connectivity index (χ3n) is 6.11. The largest absolute Gasteiger partial charge is 0.493 e. The molecule has 5 nitrogen and oxygen atoms in total. The predicted octanol–water partition coefficient (Wildman–Crippen LogP) is 5.17. The highest BCUT2D eigenvalue weighted by Gasteiger charge is 2.44. The minimum absolute atomic E-state index is 0.0773. The summed E-state index contributed by atoms with van der Waals surface area (Å²) in [6.45, 7) is -0.0773. The van der Waals surface area contributed by atoms with Crippen molar-refractivity contribution in [1.82, 2.24) is 14.6 Å². The summed E-state index contributed by atoms with van der Waals surface area (Å²) in [6, 6.07) is 3.26. The topological polar surface area (TPSA) is 48.7 Å². The second-order valence-corrected chi connectivity index (χ2v) is 8.40. The van der Waals surface area contributed by atoms with Crippen molar-refractivity contribution in [2.45, 2.75) is 37.8 Å². The van der Waals surface area contributed by atoms with Crippen molar-refractivity contribution in [2.24, 2.45) is 11.8 Å². The van der Waals surface area contributed by atoms with Crippen LogP contribution in [0.2, 0.25) is 0 Å². The van der Waals surface area contributed by atoms with Crippen LogP contribution in [-0.4, -0.2) is 28.3 Å². The first-order chi connectivity index (χ1) is 15.3. The highest BCUT2D eigenvalue weighted by Crippen LogP contribution is 2.52. The number of aromatic nitrogens is 3. The molecule has 0 N–H and O–H groups in total. The van der Waals surface area contributed by atoms with Crippen molar-refractivity contribution < 1.29 is 31.4 Å². The first kappa shape index (κ1) is 21.0. The lowest BCUT2D eigenvalue weighted by atomic mass is 10.1. The van der Waals surface area contributed by atoms with Gasteiger partial charge in [-0.05, 0) is 49.3 Å². The van der Waals surface area contributed by atoms with Gasteiger partial charge in [-0.25, -0.2) is 8.78 Å². The lowest BCUT2D eigenvalue weighted by molar-refractivity contribution is -0.138. The number of hydrogen-bond acceptors (Lipinski definition) is 4. The molecule has 2 fully saturated rings. The molecule has 2 atom stereocenters. The Morgan fingerprint density at radius 2 is 1.84 bits per heavy atom. The number of alkyl halides is 3. The summed E-state index contributed by atoms with van der Waals surface area (Å²) in [5.41, 5.74) is -1.19. The number of pyridine rings is 1. The number of fused-ring (bicyclic) bond motifs is 1. The van der Waals surface area contributed by atoms with Gasteiger partial charge in [-0.2, -0.15) is 13.2 Å². The van der Waals surface area contributed by atoms with Crippen molar-refractivity contribution in [3.63, 3.8) is 0 Å². The maximum Gasteiger partial charge on any atom is 0.423 e. The Kier molecular flexibility index (Phi) is 4.98. The van der Waals surface area contributed by atoms with Crippen LogP contribution in [0.1, 0.15) is 42.1 Å². The van der Waals surface area contributed by atoms with Gasteiger partial charge in [-0.3, -0.25) is 4.40 Å². The summed E-state index contributed by atoms with van der Waals surface area (Å²) in [4.78, 5) is 0. The Bertz CT molecular complexity index is 1170. The second kappa shape index (κ2) is 7.60. The van der Waals surface area contributed by atoms with E-state index in [1.807, 2.05) is 0 Å². The molecule has 10 heteroatoms. The molecular weight excluding hydrogens is 433 g/mol. The SMILES string of the molecule is COc1c(F)ccc(F)c1[C@H]1C[C@@H]1COc1ccn2c(CC3CC3)nnc2c1C(F)(F)F. The van der Waals surface area contributed by atoms with E-state index < -0.39 is 29.3 Å². The molecule has 2 saturated carbocycles. The summed E-state index contributed by atoms with van der Waals surface area (Å²) in [5.74, 6) is -1.55. The molecule has 0 aliphatic heterocycles. The minimum atomic E-state index is -4.69. The standard InChI is InChI=1S/C22H20F5N3O2/c1-31-20-15(24)5-4-14(23)18(20)13-9-12(13)10-32-16-6-7-30-17(8-11-2-3-11)28-29-21(30)19(16)22(25,26)27/h4-7,11-13H,2-3,8-10H2,1H3/t12-,13+/m1/s1. The molecular formula is C22H20F5N3O2. The Morgan fingerprint density at radius 3 is 2.53 bits per heavy atom. The average Bonchev–Trinajstić information content (AvgIpc) is 3.66. The van der Waals surface area contributed by atoms with Gasteiger partial charge >= 0.3 is 6.18 Å². The third kappa shape index (κ3) is 3.75. The van der Waals surface area contributed by atoms with E-state index in [1.165, 1.54) is 23.8 Å². The lowest BCUT2D eigenvalue weighted by Crippen LogP contribution is -2.13. The molecule has 2 heterocycles. The number of halogens is 5. The van der Waals surface area contributed by atoms with Gasteiger partial charge in [0.25, 0.3) is 0 Å². The molecule has 0 spiro atoms. The van der Waals surface area contributed by atoms with E-state index in [-0.39, 0.29) is 35.2 Å². The van der Waals surface area contributed by atoms with Crippen LogP contribution in [-0.2, 0) is 12.6 Å². The number of nitrogens with zero attached hydrogens (tertiary/aromatic N) is 3. The molecule has 0 saturated heterocycles. The van der Waals surface area contributed by atoms with Crippen molar-refractivity contribution in [3.8, 4) is 11.5 Å². The van der Waals surface area contributed by atoms with E-state index in [2.05, 4.69) is 10.2 Å². The zero-order chi connectivity index (χ0) is 22.6. The highest BCUT2D eigenvalue weighted by molar-refractivity contribution is 5.57. The summed E-state index contributed by atoms with van der Waals surface area (Å²) in [7, 11) is 1.25. The van der Waals surface area contributed by atoms with Crippen molar-refractivity contribution in [1.29, 1.82) is 0 Å². The fraction of sp³-hybridized carbons (Fsp3) is 0.455. The van der Waals surface area contributed by atoms with Crippen molar-refractivity contribution in [2.75, 3.05) is 13.7 Å². The summed E-state index contributed by atoms with van der Waals surface area (Å²) in [6.07, 6.45) is -0.0803. The van der Waals surface area contributed by atoms with Gasteiger partial charge in [0.15, 0.2) is 17.2 Å². The Labute approximate surface area is 180 Å². The van der Waals surface area contributed by atoms with Crippen LogP contribution < -0.4 is 9.47 Å². The average molecular weight is 453 g/mol. The van der Waals surface area contributed by atoms with Gasteiger partial charge < -0.3 is 9.47 Å². The number of ether oxygens (including phenoxy) is 2. The van der Waals surface area contributed by atoms with Gasteiger partial charge in [0, 0.05) is 24.1 Å². The number of methoxy groups -OCH3 is 1. The molecule has 0 bridgehead atoms. The van der Waals surface area contributed by atoms with Gasteiger partial charge in [0.05, 0.1) is 13.7 Å². The van der Waals surface area contributed by atoms with Crippen LogP contribution in [0.15, 0.2) is 24.4 Å². The fourth-order valence-electron chi connectivity index (χ4n) is 4.18. The lowest BCUT2D eigenvalue weighted by Gasteiger charge is -2.15. The number of hydrogen-bond donors (Lipinski definition) is 0. The smallest absolute Gasteiger partial charge is 0.423 e. The predicted molar refractivity (Wildman–Crippen MR) is 104 cm³/mol. The zero-order valence-corrected chi connectivity index (χ0v) is 17.1. The van der Waals surface area contributed by atoms with E-state index in [1.54, 1.807) is 0 Å². The maximum absolute atomic E-state index is 14.3. The Hall–Kier alpha value is -2.91. The van der Waals surface area contributed by atoms with Crippen LogP contribution in [0.5, 0.6) is 11.5 Å². The van der Waals surface area contributed by atoms with Crippen LogP contribution in [0.4, 0.5) is 22.0 Å². The monoisotopic (exact) mass is 453 g/mol. The van der Waals surface area contributed by atoms with Gasteiger partial charge in [-0.1, -0.05) is 0 Å². The molecule has 1 aromatic carbocycles. The van der Waals surface area contributed by atoms with E-state index in [4.69, 9.17) is 9.47 Å². The Balaban J connectivity index is 1.38. The van der Waals surface area contributed by atoms with Gasteiger partial charge in [0.1, 0.15) is 23.0 Å². The normalized spacial score (nSPS) is 20.6. The van der Waals surface area contributed by atoms with E-state index in [9.17, 15) is 22.0 Å². The molecule has 0 amide bonds. The highest BCUT2D eigenvalue weighted by atomic mass is 19.4. The van der Waals surface area contributed by atoms with Crippen LogP contribution in [0.25, 0.3) is 5.65 Å². The molecule has 170 valence electrons. The Morgan fingerprint density at radius 1 is 1.09 bits per heavy atom. The van der Waals surface area contributed by atoms with Crippen LogP contribution >= 0.6 is 0 Å². The zero-order valence-electron chi connectivity index (χ0n) is 17.1. The maximum atomic E-state index is 14.3. The van der Waals surface area contributed by atoms with E-state index >= 15 is 0 Å². The fourth-order valence-corrected chi connectivity index (χ4v) is 4.18. The summed E-state index contributed by atoms with van der Waals surface area (Å²) >= 11 is 0. The van der Waals surface area contributed by atoms with Crippen LogP contribution in [0, 0.1) is 23.5 Å².